The Morgan fingerprint density at radius 3 is 2.65 bits per heavy atom. The van der Waals surface area contributed by atoms with Crippen LogP contribution in [0.2, 0.25) is 5.02 Å². The molecule has 1 atom stereocenters. The van der Waals surface area contributed by atoms with E-state index in [0.29, 0.717) is 5.69 Å². The number of rotatable bonds is 5. The largest absolute Gasteiger partial charge is 0.351 e. The molecule has 4 N–H and O–H groups in total. The lowest BCUT2D eigenvalue weighted by Crippen LogP contribution is -2.19. The van der Waals surface area contributed by atoms with Crippen LogP contribution in [0.3, 0.4) is 0 Å². The summed E-state index contributed by atoms with van der Waals surface area (Å²) in [5.74, 6) is 0. The van der Waals surface area contributed by atoms with Gasteiger partial charge in [0.15, 0.2) is 0 Å². The Morgan fingerprint density at radius 2 is 2.10 bits per heavy atom. The number of hydrogen-bond acceptors (Lipinski definition) is 3. The Labute approximate surface area is 126 Å². The molecule has 6 heteroatoms. The number of halogens is 1. The molecule has 4 nitrogen and oxygen atoms in total. The topological polar surface area (TPSA) is 67.2 Å². The van der Waals surface area contributed by atoms with Crippen LogP contribution >= 0.6 is 22.9 Å². The van der Waals surface area contributed by atoms with Gasteiger partial charge in [0, 0.05) is 28.5 Å². The van der Waals surface area contributed by atoms with Crippen molar-refractivity contribution in [2.75, 3.05) is 5.32 Å². The molecule has 1 unspecified atom stereocenters. The van der Waals surface area contributed by atoms with Crippen LogP contribution in [0.15, 0.2) is 35.7 Å². The normalized spacial score (nSPS) is 12.1. The maximum atomic E-state index is 10.7. The van der Waals surface area contributed by atoms with Crippen LogP contribution in [-0.2, 0) is 6.54 Å². The van der Waals surface area contributed by atoms with E-state index in [4.69, 9.17) is 17.3 Å². The molecule has 2 aromatic rings. The molecule has 2 rings (SSSR count). The van der Waals surface area contributed by atoms with Gasteiger partial charge >= 0.3 is 6.03 Å². The molecule has 0 aliphatic carbocycles. The number of amides is 2. The summed E-state index contributed by atoms with van der Waals surface area (Å²) in [5.41, 5.74) is 6.90. The molecule has 2 amide bonds. The Kier molecular flexibility index (Phi) is 5.00. The molecule has 0 saturated heterocycles. The minimum absolute atomic E-state index is 0.207. The molecule has 1 heterocycles. The predicted octanol–water partition coefficient (Wildman–Crippen LogP) is 3.74. The van der Waals surface area contributed by atoms with Crippen molar-refractivity contribution < 1.29 is 4.79 Å². The second kappa shape index (κ2) is 6.74. The van der Waals surface area contributed by atoms with Crippen molar-refractivity contribution in [2.45, 2.75) is 19.5 Å². The fraction of sp³-hybridized carbons (Fsp3) is 0.214. The second-order valence-corrected chi connectivity index (χ2v) is 5.88. The standard InChI is InChI=1S/C14H16ClN3OS/c1-9(17-7-13-6-11(15)8-20-13)10-2-4-12(5-3-10)18-14(16)19/h2-6,8-9,17H,7H2,1H3,(H3,16,18,19). The Morgan fingerprint density at radius 1 is 1.40 bits per heavy atom. The molecule has 0 radical (unpaired) electrons. The summed E-state index contributed by atoms with van der Waals surface area (Å²) in [7, 11) is 0. The highest BCUT2D eigenvalue weighted by Crippen LogP contribution is 2.21. The van der Waals surface area contributed by atoms with E-state index >= 15 is 0 Å². The number of urea groups is 1. The summed E-state index contributed by atoms with van der Waals surface area (Å²) in [6, 6.07) is 9.21. The third kappa shape index (κ3) is 4.23. The third-order valence-electron chi connectivity index (χ3n) is 2.88. The number of nitrogens with two attached hydrogens (primary N) is 1. The van der Waals surface area contributed by atoms with E-state index in [-0.39, 0.29) is 6.04 Å². The smallest absolute Gasteiger partial charge is 0.316 e. The van der Waals surface area contributed by atoms with Crippen molar-refractivity contribution >= 4 is 34.7 Å². The Balaban J connectivity index is 1.91. The molecule has 0 aliphatic heterocycles. The molecule has 20 heavy (non-hydrogen) atoms. The van der Waals surface area contributed by atoms with E-state index in [1.165, 1.54) is 4.88 Å². The fourth-order valence-electron chi connectivity index (χ4n) is 1.82. The molecule has 1 aromatic heterocycles. The lowest BCUT2D eigenvalue weighted by atomic mass is 10.1. The molecule has 106 valence electrons. The van der Waals surface area contributed by atoms with E-state index in [0.717, 1.165) is 17.1 Å². The van der Waals surface area contributed by atoms with Crippen molar-refractivity contribution in [3.63, 3.8) is 0 Å². The van der Waals surface area contributed by atoms with Crippen molar-refractivity contribution in [1.29, 1.82) is 0 Å². The monoisotopic (exact) mass is 309 g/mol. The van der Waals surface area contributed by atoms with Crippen LogP contribution in [0.5, 0.6) is 0 Å². The minimum Gasteiger partial charge on any atom is -0.351 e. The van der Waals surface area contributed by atoms with Crippen LogP contribution < -0.4 is 16.4 Å². The highest BCUT2D eigenvalue weighted by atomic mass is 35.5. The van der Waals surface area contributed by atoms with Gasteiger partial charge in [-0.25, -0.2) is 4.79 Å². The number of carbonyl (C=O) groups is 1. The zero-order chi connectivity index (χ0) is 14.5. The lowest BCUT2D eigenvalue weighted by Gasteiger charge is -2.14. The molecule has 0 aliphatic rings. The van der Waals surface area contributed by atoms with Crippen LogP contribution in [0.25, 0.3) is 0 Å². The SMILES string of the molecule is CC(NCc1cc(Cl)cs1)c1ccc(NC(N)=O)cc1. The number of anilines is 1. The number of primary amides is 1. The molecule has 0 fully saturated rings. The number of thiophene rings is 1. The zero-order valence-electron chi connectivity index (χ0n) is 11.0. The van der Waals surface area contributed by atoms with Gasteiger partial charge in [-0.2, -0.15) is 0 Å². The van der Waals surface area contributed by atoms with Gasteiger partial charge in [-0.05, 0) is 30.7 Å². The van der Waals surface area contributed by atoms with Crippen molar-refractivity contribution in [2.24, 2.45) is 5.73 Å². The first-order chi connectivity index (χ1) is 9.54. The van der Waals surface area contributed by atoms with Crippen LogP contribution in [0.1, 0.15) is 23.4 Å². The zero-order valence-corrected chi connectivity index (χ0v) is 12.6. The average Bonchev–Trinajstić information content (AvgIpc) is 2.82. The first kappa shape index (κ1) is 14.8. The first-order valence-electron chi connectivity index (χ1n) is 6.17. The van der Waals surface area contributed by atoms with Gasteiger partial charge in [-0.15, -0.1) is 11.3 Å². The van der Waals surface area contributed by atoms with Crippen LogP contribution in [-0.4, -0.2) is 6.03 Å². The molecular formula is C14H16ClN3OS. The number of benzene rings is 1. The summed E-state index contributed by atoms with van der Waals surface area (Å²) in [6.07, 6.45) is 0. The maximum Gasteiger partial charge on any atom is 0.316 e. The Bertz CT molecular complexity index is 582. The van der Waals surface area contributed by atoms with Crippen molar-refractivity contribution in [1.82, 2.24) is 5.32 Å². The van der Waals surface area contributed by atoms with Gasteiger partial charge in [-0.3, -0.25) is 0 Å². The van der Waals surface area contributed by atoms with E-state index in [1.807, 2.05) is 35.7 Å². The summed E-state index contributed by atoms with van der Waals surface area (Å²) in [5, 5.41) is 8.67. The van der Waals surface area contributed by atoms with E-state index in [2.05, 4.69) is 17.6 Å². The quantitative estimate of drug-likeness (QED) is 0.787. The highest BCUT2D eigenvalue weighted by Gasteiger charge is 2.06. The molecule has 1 aromatic carbocycles. The van der Waals surface area contributed by atoms with Crippen LogP contribution in [0.4, 0.5) is 10.5 Å². The fourth-order valence-corrected chi connectivity index (χ4v) is 2.84. The Hall–Kier alpha value is -1.56. The first-order valence-corrected chi connectivity index (χ1v) is 7.43. The average molecular weight is 310 g/mol. The van der Waals surface area contributed by atoms with Gasteiger partial charge in [0.2, 0.25) is 0 Å². The maximum absolute atomic E-state index is 10.7. The van der Waals surface area contributed by atoms with Gasteiger partial charge in [0.1, 0.15) is 0 Å². The summed E-state index contributed by atoms with van der Waals surface area (Å²) < 4.78 is 0. The highest BCUT2D eigenvalue weighted by molar-refractivity contribution is 7.10. The summed E-state index contributed by atoms with van der Waals surface area (Å²) >= 11 is 7.53. The summed E-state index contributed by atoms with van der Waals surface area (Å²) in [4.78, 5) is 11.9. The predicted molar refractivity (Wildman–Crippen MR) is 84.2 cm³/mol. The van der Waals surface area contributed by atoms with Crippen molar-refractivity contribution in [3.05, 3.63) is 51.2 Å². The van der Waals surface area contributed by atoms with Gasteiger partial charge in [0.25, 0.3) is 0 Å². The third-order valence-corrected chi connectivity index (χ3v) is 4.17. The minimum atomic E-state index is -0.557. The van der Waals surface area contributed by atoms with Crippen molar-refractivity contribution in [3.8, 4) is 0 Å². The van der Waals surface area contributed by atoms with Gasteiger partial charge in [0.05, 0.1) is 5.02 Å². The van der Waals surface area contributed by atoms with E-state index < -0.39 is 6.03 Å². The molecule has 0 bridgehead atoms. The number of nitrogens with one attached hydrogen (secondary N) is 2. The summed E-state index contributed by atoms with van der Waals surface area (Å²) in [6.45, 7) is 2.87. The lowest BCUT2D eigenvalue weighted by molar-refractivity contribution is 0.259. The number of hydrogen-bond donors (Lipinski definition) is 3. The van der Waals surface area contributed by atoms with E-state index in [9.17, 15) is 4.79 Å². The van der Waals surface area contributed by atoms with Crippen LogP contribution in [0, 0.1) is 0 Å². The molecule has 0 saturated carbocycles. The second-order valence-electron chi connectivity index (χ2n) is 4.45. The molecular weight excluding hydrogens is 294 g/mol. The van der Waals surface area contributed by atoms with E-state index in [1.54, 1.807) is 11.3 Å². The number of carbonyl (C=O) groups excluding carboxylic acids is 1. The van der Waals surface area contributed by atoms with Gasteiger partial charge < -0.3 is 16.4 Å². The van der Waals surface area contributed by atoms with Gasteiger partial charge in [-0.1, -0.05) is 23.7 Å². The molecule has 0 spiro atoms.